The number of hydrogen-bond donors (Lipinski definition) is 1. The summed E-state index contributed by atoms with van der Waals surface area (Å²) in [5.74, 6) is 1.57. The lowest BCUT2D eigenvalue weighted by Gasteiger charge is -2.10. The summed E-state index contributed by atoms with van der Waals surface area (Å²) in [6.07, 6.45) is 2.51. The molecule has 2 aromatic rings. The largest absolute Gasteiger partial charge is 0.496 e. The molecule has 0 unspecified atom stereocenters. The van der Waals surface area contributed by atoms with Crippen molar-refractivity contribution in [1.82, 2.24) is 4.98 Å². The quantitative estimate of drug-likeness (QED) is 0.862. The van der Waals surface area contributed by atoms with E-state index < -0.39 is 0 Å². The Kier molecular flexibility index (Phi) is 4.75. The van der Waals surface area contributed by atoms with E-state index in [1.165, 1.54) is 0 Å². The first-order chi connectivity index (χ1) is 9.33. The number of aromatic nitrogens is 1. The van der Waals surface area contributed by atoms with Crippen molar-refractivity contribution in [1.29, 1.82) is 0 Å². The Balaban J connectivity index is 1.98. The van der Waals surface area contributed by atoms with E-state index in [0.29, 0.717) is 13.2 Å². The molecule has 0 amide bonds. The molecule has 4 heteroatoms. The van der Waals surface area contributed by atoms with Gasteiger partial charge in [0.2, 0.25) is 0 Å². The van der Waals surface area contributed by atoms with Crippen LogP contribution >= 0.6 is 0 Å². The van der Waals surface area contributed by atoms with Crippen molar-refractivity contribution in [2.45, 2.75) is 13.0 Å². The van der Waals surface area contributed by atoms with Crippen molar-refractivity contribution in [2.75, 3.05) is 13.7 Å². The van der Waals surface area contributed by atoms with Crippen LogP contribution in [0.4, 0.5) is 0 Å². The number of benzene rings is 1. The van der Waals surface area contributed by atoms with Crippen LogP contribution < -0.4 is 15.2 Å². The van der Waals surface area contributed by atoms with Crippen LogP contribution in [-0.4, -0.2) is 18.6 Å². The van der Waals surface area contributed by atoms with Crippen LogP contribution in [0.1, 0.15) is 11.3 Å². The maximum absolute atomic E-state index is 5.69. The number of rotatable bonds is 6. The van der Waals surface area contributed by atoms with Crippen LogP contribution in [0.5, 0.6) is 11.5 Å². The fraction of sp³-hybridized carbons (Fsp3) is 0.267. The van der Waals surface area contributed by atoms with Gasteiger partial charge in [0, 0.05) is 17.7 Å². The van der Waals surface area contributed by atoms with Crippen molar-refractivity contribution in [3.63, 3.8) is 0 Å². The standard InChI is InChI=1S/C15H18N2O2/c1-18-15-5-3-2-4-12(15)11-19-14-7-6-13(8-9-16)17-10-14/h2-7,10H,8-9,11,16H2,1H3. The Morgan fingerprint density at radius 1 is 1.16 bits per heavy atom. The zero-order valence-electron chi connectivity index (χ0n) is 11.0. The monoisotopic (exact) mass is 258 g/mol. The molecule has 100 valence electrons. The molecule has 1 aromatic carbocycles. The average Bonchev–Trinajstić information content (AvgIpc) is 2.47. The van der Waals surface area contributed by atoms with Crippen molar-refractivity contribution in [2.24, 2.45) is 5.73 Å². The summed E-state index contributed by atoms with van der Waals surface area (Å²) in [5.41, 5.74) is 7.47. The van der Waals surface area contributed by atoms with Gasteiger partial charge >= 0.3 is 0 Å². The van der Waals surface area contributed by atoms with E-state index in [1.807, 2.05) is 36.4 Å². The van der Waals surface area contributed by atoms with Gasteiger partial charge in [0.25, 0.3) is 0 Å². The Morgan fingerprint density at radius 3 is 2.68 bits per heavy atom. The third-order valence-corrected chi connectivity index (χ3v) is 2.78. The number of nitrogens with zero attached hydrogens (tertiary/aromatic N) is 1. The predicted octanol–water partition coefficient (Wildman–Crippen LogP) is 2.17. The van der Waals surface area contributed by atoms with E-state index in [2.05, 4.69) is 4.98 Å². The Bertz CT molecular complexity index is 512. The molecule has 0 saturated heterocycles. The second-order valence-electron chi connectivity index (χ2n) is 4.12. The van der Waals surface area contributed by atoms with Crippen molar-refractivity contribution in [3.8, 4) is 11.5 Å². The van der Waals surface area contributed by atoms with Crippen LogP contribution in [-0.2, 0) is 13.0 Å². The van der Waals surface area contributed by atoms with Crippen LogP contribution in [0.2, 0.25) is 0 Å². The van der Waals surface area contributed by atoms with Gasteiger partial charge in [0.15, 0.2) is 0 Å². The minimum atomic E-state index is 0.460. The molecule has 1 aromatic heterocycles. The van der Waals surface area contributed by atoms with Gasteiger partial charge in [0.05, 0.1) is 13.3 Å². The predicted molar refractivity (Wildman–Crippen MR) is 74.3 cm³/mol. The molecular weight excluding hydrogens is 240 g/mol. The lowest BCUT2D eigenvalue weighted by molar-refractivity contribution is 0.295. The number of nitrogens with two attached hydrogens (primary N) is 1. The highest BCUT2D eigenvalue weighted by Gasteiger charge is 2.03. The number of pyridine rings is 1. The fourth-order valence-electron chi connectivity index (χ4n) is 1.78. The number of ether oxygens (including phenoxy) is 2. The molecule has 0 bridgehead atoms. The maximum Gasteiger partial charge on any atom is 0.138 e. The van der Waals surface area contributed by atoms with E-state index >= 15 is 0 Å². The van der Waals surface area contributed by atoms with Crippen LogP contribution in [0, 0.1) is 0 Å². The molecule has 0 atom stereocenters. The van der Waals surface area contributed by atoms with Crippen molar-refractivity contribution in [3.05, 3.63) is 53.9 Å². The first-order valence-electron chi connectivity index (χ1n) is 6.23. The molecule has 0 spiro atoms. The van der Waals surface area contributed by atoms with Crippen molar-refractivity contribution < 1.29 is 9.47 Å². The Labute approximate surface area is 113 Å². The molecule has 1 heterocycles. The summed E-state index contributed by atoms with van der Waals surface area (Å²) in [4.78, 5) is 4.29. The molecule has 0 saturated carbocycles. The fourth-order valence-corrected chi connectivity index (χ4v) is 1.78. The normalized spacial score (nSPS) is 10.2. The molecule has 0 aliphatic rings. The van der Waals surface area contributed by atoms with Gasteiger partial charge in [-0.1, -0.05) is 18.2 Å². The molecule has 2 N–H and O–H groups in total. The maximum atomic E-state index is 5.69. The van der Waals surface area contributed by atoms with Gasteiger partial charge in [-0.2, -0.15) is 0 Å². The van der Waals surface area contributed by atoms with Crippen molar-refractivity contribution >= 4 is 0 Å². The first kappa shape index (κ1) is 13.4. The SMILES string of the molecule is COc1ccccc1COc1ccc(CCN)nc1. The molecule has 2 rings (SSSR count). The summed E-state index contributed by atoms with van der Waals surface area (Å²) in [6, 6.07) is 11.6. The van der Waals surface area contributed by atoms with E-state index in [4.69, 9.17) is 15.2 Å². The highest BCUT2D eigenvalue weighted by Crippen LogP contribution is 2.19. The highest BCUT2D eigenvalue weighted by molar-refractivity contribution is 5.33. The number of para-hydroxylation sites is 1. The number of methoxy groups -OCH3 is 1. The van der Waals surface area contributed by atoms with Gasteiger partial charge in [-0.15, -0.1) is 0 Å². The van der Waals surface area contributed by atoms with Gasteiger partial charge in [0.1, 0.15) is 18.1 Å². The average molecular weight is 258 g/mol. The Morgan fingerprint density at radius 2 is 2.00 bits per heavy atom. The summed E-state index contributed by atoms with van der Waals surface area (Å²) in [6.45, 7) is 1.07. The van der Waals surface area contributed by atoms with Crippen LogP contribution in [0.3, 0.4) is 0 Å². The molecule has 0 aliphatic heterocycles. The summed E-state index contributed by atoms with van der Waals surface area (Å²) in [5, 5.41) is 0. The van der Waals surface area contributed by atoms with Gasteiger partial charge in [-0.05, 0) is 24.7 Å². The van der Waals surface area contributed by atoms with E-state index in [-0.39, 0.29) is 0 Å². The second kappa shape index (κ2) is 6.75. The molecule has 0 radical (unpaired) electrons. The molecule has 0 fully saturated rings. The smallest absolute Gasteiger partial charge is 0.138 e. The molecule has 0 aliphatic carbocycles. The summed E-state index contributed by atoms with van der Waals surface area (Å²) >= 11 is 0. The minimum Gasteiger partial charge on any atom is -0.496 e. The zero-order valence-corrected chi connectivity index (χ0v) is 11.0. The van der Waals surface area contributed by atoms with Gasteiger partial charge < -0.3 is 15.2 Å². The molecule has 19 heavy (non-hydrogen) atoms. The third kappa shape index (κ3) is 3.69. The van der Waals surface area contributed by atoms with Gasteiger partial charge in [-0.3, -0.25) is 4.98 Å². The number of hydrogen-bond acceptors (Lipinski definition) is 4. The lowest BCUT2D eigenvalue weighted by atomic mass is 10.2. The summed E-state index contributed by atoms with van der Waals surface area (Å²) < 4.78 is 11.0. The third-order valence-electron chi connectivity index (χ3n) is 2.78. The van der Waals surface area contributed by atoms with E-state index in [1.54, 1.807) is 13.3 Å². The summed E-state index contributed by atoms with van der Waals surface area (Å²) in [7, 11) is 1.65. The second-order valence-corrected chi connectivity index (χ2v) is 4.12. The van der Waals surface area contributed by atoms with Crippen LogP contribution in [0.25, 0.3) is 0 Å². The molecule has 4 nitrogen and oxygen atoms in total. The van der Waals surface area contributed by atoms with E-state index in [9.17, 15) is 0 Å². The first-order valence-corrected chi connectivity index (χ1v) is 6.23. The Hall–Kier alpha value is -2.07. The minimum absolute atomic E-state index is 0.460. The van der Waals surface area contributed by atoms with Crippen LogP contribution in [0.15, 0.2) is 42.6 Å². The topological polar surface area (TPSA) is 57.4 Å². The lowest BCUT2D eigenvalue weighted by Crippen LogP contribution is -2.04. The zero-order chi connectivity index (χ0) is 13.5. The molecular formula is C15H18N2O2. The van der Waals surface area contributed by atoms with E-state index in [0.717, 1.165) is 29.2 Å². The highest BCUT2D eigenvalue weighted by atomic mass is 16.5. The van der Waals surface area contributed by atoms with Gasteiger partial charge in [-0.25, -0.2) is 0 Å².